The Balaban J connectivity index is 2.14. The summed E-state index contributed by atoms with van der Waals surface area (Å²) in [6.07, 6.45) is 0. The molecular weight excluding hydrogens is 240 g/mol. The molecule has 0 spiro atoms. The second-order valence-electron chi connectivity index (χ2n) is 4.22. The highest BCUT2D eigenvalue weighted by molar-refractivity contribution is 5.93. The standard InChI is InChI=1S/C15H14N2O2/c1-18-11-5-3-4-10(8-11)15-13-7-6-12(19-2)9-14(13)16-17-15/h3-9H,1-2H3,(H,16,17). The molecule has 3 aromatic rings. The summed E-state index contributed by atoms with van der Waals surface area (Å²) in [4.78, 5) is 0. The van der Waals surface area contributed by atoms with Crippen molar-refractivity contribution in [2.45, 2.75) is 0 Å². The van der Waals surface area contributed by atoms with Gasteiger partial charge in [0.05, 0.1) is 19.7 Å². The highest BCUT2D eigenvalue weighted by Crippen LogP contribution is 2.30. The third-order valence-electron chi connectivity index (χ3n) is 3.11. The van der Waals surface area contributed by atoms with Crippen molar-refractivity contribution in [2.75, 3.05) is 14.2 Å². The fourth-order valence-electron chi connectivity index (χ4n) is 2.12. The number of fused-ring (bicyclic) bond motifs is 1. The maximum absolute atomic E-state index is 5.24. The Bertz CT molecular complexity index is 719. The number of benzene rings is 2. The number of rotatable bonds is 3. The van der Waals surface area contributed by atoms with Crippen LogP contribution in [0.4, 0.5) is 0 Å². The fourth-order valence-corrected chi connectivity index (χ4v) is 2.12. The van der Waals surface area contributed by atoms with E-state index in [-0.39, 0.29) is 0 Å². The van der Waals surface area contributed by atoms with Gasteiger partial charge in [-0.1, -0.05) is 12.1 Å². The summed E-state index contributed by atoms with van der Waals surface area (Å²) in [5, 5.41) is 8.47. The van der Waals surface area contributed by atoms with Crippen LogP contribution in [-0.4, -0.2) is 24.4 Å². The van der Waals surface area contributed by atoms with E-state index >= 15 is 0 Å². The van der Waals surface area contributed by atoms with Gasteiger partial charge in [-0.3, -0.25) is 5.10 Å². The molecule has 0 amide bonds. The van der Waals surface area contributed by atoms with Crippen LogP contribution in [0.2, 0.25) is 0 Å². The van der Waals surface area contributed by atoms with Gasteiger partial charge in [-0.2, -0.15) is 5.10 Å². The number of nitrogens with zero attached hydrogens (tertiary/aromatic N) is 1. The van der Waals surface area contributed by atoms with Gasteiger partial charge >= 0.3 is 0 Å². The van der Waals surface area contributed by atoms with E-state index < -0.39 is 0 Å². The minimum Gasteiger partial charge on any atom is -0.497 e. The summed E-state index contributed by atoms with van der Waals surface area (Å²) < 4.78 is 10.4. The molecule has 0 atom stereocenters. The first-order valence-electron chi connectivity index (χ1n) is 5.98. The number of ether oxygens (including phenoxy) is 2. The summed E-state index contributed by atoms with van der Waals surface area (Å²) in [6, 6.07) is 13.7. The molecule has 4 heteroatoms. The van der Waals surface area contributed by atoms with E-state index in [0.717, 1.165) is 33.7 Å². The van der Waals surface area contributed by atoms with Crippen molar-refractivity contribution < 1.29 is 9.47 Å². The molecule has 0 bridgehead atoms. The van der Waals surface area contributed by atoms with Gasteiger partial charge in [-0.25, -0.2) is 0 Å². The number of methoxy groups -OCH3 is 2. The molecule has 1 heterocycles. The number of hydrogen-bond acceptors (Lipinski definition) is 3. The second-order valence-corrected chi connectivity index (χ2v) is 4.22. The van der Waals surface area contributed by atoms with Gasteiger partial charge < -0.3 is 9.47 Å². The molecule has 0 saturated carbocycles. The largest absolute Gasteiger partial charge is 0.497 e. The van der Waals surface area contributed by atoms with Gasteiger partial charge in [-0.15, -0.1) is 0 Å². The molecule has 0 unspecified atom stereocenters. The number of H-pyrrole nitrogens is 1. The van der Waals surface area contributed by atoms with E-state index in [0.29, 0.717) is 0 Å². The SMILES string of the molecule is COc1cccc(-c2n[nH]c3cc(OC)ccc23)c1. The summed E-state index contributed by atoms with van der Waals surface area (Å²) in [5.41, 5.74) is 2.89. The Labute approximate surface area is 111 Å². The Morgan fingerprint density at radius 1 is 0.947 bits per heavy atom. The normalized spacial score (nSPS) is 10.6. The van der Waals surface area contributed by atoms with Gasteiger partial charge in [0, 0.05) is 17.0 Å². The van der Waals surface area contributed by atoms with Gasteiger partial charge in [0.25, 0.3) is 0 Å². The van der Waals surface area contributed by atoms with Crippen molar-refractivity contribution in [3.05, 3.63) is 42.5 Å². The summed E-state index contributed by atoms with van der Waals surface area (Å²) in [6.45, 7) is 0. The van der Waals surface area contributed by atoms with Crippen LogP contribution in [0.1, 0.15) is 0 Å². The van der Waals surface area contributed by atoms with E-state index in [1.54, 1.807) is 14.2 Å². The molecule has 0 radical (unpaired) electrons. The zero-order valence-electron chi connectivity index (χ0n) is 10.8. The highest BCUT2D eigenvalue weighted by Gasteiger charge is 2.09. The molecule has 1 N–H and O–H groups in total. The molecule has 19 heavy (non-hydrogen) atoms. The van der Waals surface area contributed by atoms with Crippen molar-refractivity contribution >= 4 is 10.9 Å². The monoisotopic (exact) mass is 254 g/mol. The fraction of sp³-hybridized carbons (Fsp3) is 0.133. The van der Waals surface area contributed by atoms with Crippen molar-refractivity contribution in [2.24, 2.45) is 0 Å². The minimum atomic E-state index is 0.813. The van der Waals surface area contributed by atoms with Crippen LogP contribution in [0.5, 0.6) is 11.5 Å². The molecule has 0 fully saturated rings. The van der Waals surface area contributed by atoms with Gasteiger partial charge in [0.2, 0.25) is 0 Å². The first kappa shape index (κ1) is 11.6. The first-order chi connectivity index (χ1) is 9.31. The van der Waals surface area contributed by atoms with Crippen LogP contribution in [0.15, 0.2) is 42.5 Å². The smallest absolute Gasteiger partial charge is 0.121 e. The lowest BCUT2D eigenvalue weighted by atomic mass is 10.1. The van der Waals surface area contributed by atoms with Crippen molar-refractivity contribution in [3.8, 4) is 22.8 Å². The van der Waals surface area contributed by atoms with Crippen LogP contribution < -0.4 is 9.47 Å². The van der Waals surface area contributed by atoms with Gasteiger partial charge in [-0.05, 0) is 24.3 Å². The molecule has 0 aliphatic heterocycles. The Morgan fingerprint density at radius 2 is 1.74 bits per heavy atom. The maximum Gasteiger partial charge on any atom is 0.121 e. The average molecular weight is 254 g/mol. The lowest BCUT2D eigenvalue weighted by Crippen LogP contribution is -1.84. The summed E-state index contributed by atoms with van der Waals surface area (Å²) in [5.74, 6) is 1.63. The maximum atomic E-state index is 5.24. The van der Waals surface area contributed by atoms with Crippen LogP contribution in [0, 0.1) is 0 Å². The average Bonchev–Trinajstić information content (AvgIpc) is 2.90. The number of hydrogen-bond donors (Lipinski definition) is 1. The Hall–Kier alpha value is -2.49. The molecule has 1 aromatic heterocycles. The quantitative estimate of drug-likeness (QED) is 0.780. The van der Waals surface area contributed by atoms with Gasteiger partial charge in [0.1, 0.15) is 17.2 Å². The minimum absolute atomic E-state index is 0.813. The molecule has 0 saturated heterocycles. The van der Waals surface area contributed by atoms with Crippen LogP contribution in [0.3, 0.4) is 0 Å². The number of aromatic nitrogens is 2. The lowest BCUT2D eigenvalue weighted by molar-refractivity contribution is 0.415. The Morgan fingerprint density at radius 3 is 2.53 bits per heavy atom. The van der Waals surface area contributed by atoms with Crippen molar-refractivity contribution in [1.29, 1.82) is 0 Å². The van der Waals surface area contributed by atoms with E-state index in [4.69, 9.17) is 9.47 Å². The second kappa shape index (κ2) is 4.65. The summed E-state index contributed by atoms with van der Waals surface area (Å²) in [7, 11) is 3.31. The Kier molecular flexibility index (Phi) is 2.83. The predicted octanol–water partition coefficient (Wildman–Crippen LogP) is 3.25. The molecule has 4 nitrogen and oxygen atoms in total. The summed E-state index contributed by atoms with van der Waals surface area (Å²) >= 11 is 0. The van der Waals surface area contributed by atoms with Crippen LogP contribution in [-0.2, 0) is 0 Å². The first-order valence-corrected chi connectivity index (χ1v) is 5.98. The van der Waals surface area contributed by atoms with E-state index in [1.165, 1.54) is 0 Å². The molecule has 3 rings (SSSR count). The molecule has 2 aromatic carbocycles. The molecule has 96 valence electrons. The lowest BCUT2D eigenvalue weighted by Gasteiger charge is -2.03. The van der Waals surface area contributed by atoms with Gasteiger partial charge in [0.15, 0.2) is 0 Å². The molecule has 0 aliphatic rings. The number of nitrogens with one attached hydrogen (secondary N) is 1. The zero-order valence-corrected chi connectivity index (χ0v) is 10.8. The zero-order chi connectivity index (χ0) is 13.2. The van der Waals surface area contributed by atoms with E-state index in [2.05, 4.69) is 10.2 Å². The van der Waals surface area contributed by atoms with Crippen molar-refractivity contribution in [3.63, 3.8) is 0 Å². The van der Waals surface area contributed by atoms with E-state index in [1.807, 2.05) is 42.5 Å². The topological polar surface area (TPSA) is 47.1 Å². The van der Waals surface area contributed by atoms with Crippen LogP contribution >= 0.6 is 0 Å². The predicted molar refractivity (Wildman–Crippen MR) is 74.6 cm³/mol. The molecule has 0 aliphatic carbocycles. The number of aromatic amines is 1. The van der Waals surface area contributed by atoms with Crippen molar-refractivity contribution in [1.82, 2.24) is 10.2 Å². The highest BCUT2D eigenvalue weighted by atomic mass is 16.5. The third kappa shape index (κ3) is 2.01. The third-order valence-corrected chi connectivity index (χ3v) is 3.11. The van der Waals surface area contributed by atoms with Crippen LogP contribution in [0.25, 0.3) is 22.2 Å². The van der Waals surface area contributed by atoms with E-state index in [9.17, 15) is 0 Å². The molecular formula is C15H14N2O2.